The van der Waals surface area contributed by atoms with Crippen molar-refractivity contribution in [3.05, 3.63) is 59.2 Å². The lowest BCUT2D eigenvalue weighted by atomic mass is 9.93. The summed E-state index contributed by atoms with van der Waals surface area (Å²) in [5.41, 5.74) is 3.27. The van der Waals surface area contributed by atoms with Crippen LogP contribution in [0.4, 0.5) is 0 Å². The van der Waals surface area contributed by atoms with Crippen LogP contribution in [0.3, 0.4) is 0 Å². The molecule has 3 rings (SSSR count). The minimum atomic E-state index is -3.47. The van der Waals surface area contributed by atoms with Gasteiger partial charge in [0.05, 0.1) is 23.8 Å². The predicted octanol–water partition coefficient (Wildman–Crippen LogP) is 3.31. The average molecular weight is 388 g/mol. The van der Waals surface area contributed by atoms with E-state index >= 15 is 0 Å². The number of hydrogen-bond donors (Lipinski definition) is 0. The molecule has 0 bridgehead atoms. The molecule has 6 heteroatoms. The number of amides is 1. The number of carbonyl (C=O) groups excluding carboxylic acids is 1. The van der Waals surface area contributed by atoms with Gasteiger partial charge < -0.3 is 9.64 Å². The highest BCUT2D eigenvalue weighted by Crippen LogP contribution is 2.32. The van der Waals surface area contributed by atoms with Crippen molar-refractivity contribution in [3.8, 4) is 5.75 Å². The number of fused-ring (bicyclic) bond motifs is 1. The summed E-state index contributed by atoms with van der Waals surface area (Å²) in [6.07, 6.45) is 0.750. The summed E-state index contributed by atoms with van der Waals surface area (Å²) in [6.45, 7) is 4.48. The number of carbonyl (C=O) groups is 1. The molecule has 0 spiro atoms. The van der Waals surface area contributed by atoms with Gasteiger partial charge in [-0.05, 0) is 55.7 Å². The van der Waals surface area contributed by atoms with Crippen LogP contribution in [0.25, 0.3) is 0 Å². The second-order valence-electron chi connectivity index (χ2n) is 6.96. The second kappa shape index (κ2) is 7.72. The van der Waals surface area contributed by atoms with Crippen molar-refractivity contribution in [2.45, 2.75) is 37.6 Å². The fourth-order valence-electron chi connectivity index (χ4n) is 3.49. The van der Waals surface area contributed by atoms with Gasteiger partial charge >= 0.3 is 0 Å². The summed E-state index contributed by atoms with van der Waals surface area (Å²) in [5, 5.41) is 0. The van der Waals surface area contributed by atoms with Crippen LogP contribution in [0.1, 0.15) is 36.1 Å². The monoisotopic (exact) mass is 387 g/mol. The Morgan fingerprint density at radius 2 is 1.89 bits per heavy atom. The van der Waals surface area contributed by atoms with Gasteiger partial charge in [0, 0.05) is 13.0 Å². The van der Waals surface area contributed by atoms with E-state index in [0.717, 1.165) is 23.3 Å². The lowest BCUT2D eigenvalue weighted by Gasteiger charge is -2.35. The highest BCUT2D eigenvalue weighted by Gasteiger charge is 2.28. The van der Waals surface area contributed by atoms with Gasteiger partial charge in [0.15, 0.2) is 9.84 Å². The first-order chi connectivity index (χ1) is 12.8. The smallest absolute Gasteiger partial charge is 0.224 e. The fraction of sp³-hybridized carbons (Fsp3) is 0.381. The summed E-state index contributed by atoms with van der Waals surface area (Å²) in [5.74, 6) is 0.451. The molecule has 0 N–H and O–H groups in total. The van der Waals surface area contributed by atoms with Gasteiger partial charge in [0.1, 0.15) is 5.75 Å². The average Bonchev–Trinajstić information content (AvgIpc) is 2.66. The Balaban J connectivity index is 1.70. The highest BCUT2D eigenvalue weighted by molar-refractivity contribution is 7.91. The van der Waals surface area contributed by atoms with Gasteiger partial charge in [-0.1, -0.05) is 23.8 Å². The largest absolute Gasteiger partial charge is 0.497 e. The summed E-state index contributed by atoms with van der Waals surface area (Å²) in [7, 11) is -1.85. The molecule has 1 atom stereocenters. The van der Waals surface area contributed by atoms with E-state index in [4.69, 9.17) is 4.74 Å². The lowest BCUT2D eigenvalue weighted by molar-refractivity contribution is -0.133. The van der Waals surface area contributed by atoms with Crippen molar-refractivity contribution >= 4 is 15.7 Å². The van der Waals surface area contributed by atoms with Gasteiger partial charge in [0.2, 0.25) is 5.91 Å². The number of rotatable bonds is 5. The van der Waals surface area contributed by atoms with Crippen LogP contribution in [0, 0.1) is 6.92 Å². The zero-order valence-electron chi connectivity index (χ0n) is 15.9. The first kappa shape index (κ1) is 19.4. The van der Waals surface area contributed by atoms with Gasteiger partial charge in [-0.2, -0.15) is 0 Å². The third kappa shape index (κ3) is 4.16. The van der Waals surface area contributed by atoms with E-state index in [-0.39, 0.29) is 29.0 Å². The van der Waals surface area contributed by atoms with E-state index in [1.807, 2.05) is 32.0 Å². The molecule has 2 aromatic rings. The summed E-state index contributed by atoms with van der Waals surface area (Å²) in [6, 6.07) is 12.6. The van der Waals surface area contributed by atoms with Crippen molar-refractivity contribution < 1.29 is 17.9 Å². The normalized spacial score (nSPS) is 16.7. The molecule has 1 unspecified atom stereocenters. The Morgan fingerprint density at radius 3 is 2.56 bits per heavy atom. The maximum atomic E-state index is 12.7. The van der Waals surface area contributed by atoms with E-state index < -0.39 is 9.84 Å². The topological polar surface area (TPSA) is 63.7 Å². The van der Waals surface area contributed by atoms with E-state index in [2.05, 4.69) is 0 Å². The maximum absolute atomic E-state index is 12.7. The molecule has 0 aromatic heterocycles. The Morgan fingerprint density at radius 1 is 1.19 bits per heavy atom. The molecule has 2 aromatic carbocycles. The van der Waals surface area contributed by atoms with Crippen molar-refractivity contribution in [1.29, 1.82) is 0 Å². The maximum Gasteiger partial charge on any atom is 0.224 e. The summed E-state index contributed by atoms with van der Waals surface area (Å²) >= 11 is 0. The van der Waals surface area contributed by atoms with Crippen molar-refractivity contribution in [3.63, 3.8) is 0 Å². The van der Waals surface area contributed by atoms with Crippen molar-refractivity contribution in [2.75, 3.05) is 19.4 Å². The third-order valence-corrected chi connectivity index (χ3v) is 6.91. The number of sulfone groups is 1. The van der Waals surface area contributed by atoms with Crippen LogP contribution >= 0.6 is 0 Å². The minimum Gasteiger partial charge on any atom is -0.497 e. The Kier molecular flexibility index (Phi) is 5.56. The number of ether oxygens (including phenoxy) is 1. The molecule has 0 saturated carbocycles. The molecule has 0 fully saturated rings. The molecule has 1 heterocycles. The van der Waals surface area contributed by atoms with E-state index in [1.165, 1.54) is 5.56 Å². The molecule has 0 aliphatic carbocycles. The van der Waals surface area contributed by atoms with Crippen LogP contribution in [0.2, 0.25) is 0 Å². The molecule has 0 radical (unpaired) electrons. The quantitative estimate of drug-likeness (QED) is 0.790. The fourth-order valence-corrected chi connectivity index (χ4v) is 4.72. The van der Waals surface area contributed by atoms with Gasteiger partial charge in [0.25, 0.3) is 0 Å². The number of methoxy groups -OCH3 is 1. The van der Waals surface area contributed by atoms with E-state index in [9.17, 15) is 13.2 Å². The lowest BCUT2D eigenvalue weighted by Crippen LogP contribution is -2.39. The first-order valence-corrected chi connectivity index (χ1v) is 10.7. The standard InChI is InChI=1S/C21H25NO4S/c1-15-4-8-19(9-5-15)27(24,25)13-11-21(23)22-12-10-17-6-7-18(26-3)14-20(17)16(22)2/h4-9,14,16H,10-13H2,1-3H3. The molecular weight excluding hydrogens is 362 g/mol. The zero-order chi connectivity index (χ0) is 19.6. The summed E-state index contributed by atoms with van der Waals surface area (Å²) < 4.78 is 30.3. The number of aryl methyl sites for hydroxylation is 1. The van der Waals surface area contributed by atoms with Crippen LogP contribution in [0.5, 0.6) is 5.75 Å². The molecular formula is C21H25NO4S. The minimum absolute atomic E-state index is 0.0140. The molecule has 0 saturated heterocycles. The molecule has 27 heavy (non-hydrogen) atoms. The highest BCUT2D eigenvalue weighted by atomic mass is 32.2. The van der Waals surface area contributed by atoms with Crippen molar-refractivity contribution in [1.82, 2.24) is 4.90 Å². The number of benzene rings is 2. The molecule has 1 amide bonds. The van der Waals surface area contributed by atoms with Gasteiger partial charge in [-0.25, -0.2) is 8.42 Å². The van der Waals surface area contributed by atoms with Crippen molar-refractivity contribution in [2.24, 2.45) is 0 Å². The van der Waals surface area contributed by atoms with Crippen LogP contribution in [-0.2, 0) is 21.1 Å². The third-order valence-electron chi connectivity index (χ3n) is 5.18. The first-order valence-electron chi connectivity index (χ1n) is 9.07. The second-order valence-corrected chi connectivity index (χ2v) is 9.07. The Hall–Kier alpha value is -2.34. The number of nitrogens with zero attached hydrogens (tertiary/aromatic N) is 1. The molecule has 1 aliphatic rings. The SMILES string of the molecule is COc1ccc2c(c1)C(C)N(C(=O)CCS(=O)(=O)c1ccc(C)cc1)CC2. The zero-order valence-corrected chi connectivity index (χ0v) is 16.8. The van der Waals surface area contributed by atoms with Gasteiger partial charge in [-0.3, -0.25) is 4.79 Å². The summed E-state index contributed by atoms with van der Waals surface area (Å²) in [4.78, 5) is 14.8. The van der Waals surface area contributed by atoms with E-state index in [0.29, 0.717) is 6.54 Å². The van der Waals surface area contributed by atoms with E-state index in [1.54, 1.807) is 36.3 Å². The number of hydrogen-bond acceptors (Lipinski definition) is 4. The van der Waals surface area contributed by atoms with Crippen LogP contribution in [-0.4, -0.2) is 38.6 Å². The molecule has 1 aliphatic heterocycles. The Bertz CT molecular complexity index is 935. The molecule has 5 nitrogen and oxygen atoms in total. The Labute approximate surface area is 160 Å². The molecule has 144 valence electrons. The van der Waals surface area contributed by atoms with Crippen LogP contribution in [0.15, 0.2) is 47.4 Å². The van der Waals surface area contributed by atoms with Gasteiger partial charge in [-0.15, -0.1) is 0 Å². The predicted molar refractivity (Wildman–Crippen MR) is 105 cm³/mol. The van der Waals surface area contributed by atoms with Crippen LogP contribution < -0.4 is 4.74 Å².